The van der Waals surface area contributed by atoms with Crippen LogP contribution in [-0.2, 0) is 16.8 Å². The lowest BCUT2D eigenvalue weighted by molar-refractivity contribution is -0.125. The number of para-hydroxylation sites is 3. The van der Waals surface area contributed by atoms with Crippen LogP contribution in [0.2, 0.25) is 0 Å². The fourth-order valence-corrected chi connectivity index (χ4v) is 7.55. The van der Waals surface area contributed by atoms with Crippen molar-refractivity contribution in [2.45, 2.75) is 51.3 Å². The maximum Gasteiger partial charge on any atom is 0.269 e. The molecule has 0 aliphatic carbocycles. The van der Waals surface area contributed by atoms with E-state index >= 15 is 0 Å². The minimum Gasteiger partial charge on any atom is -0.485 e. The van der Waals surface area contributed by atoms with Gasteiger partial charge < -0.3 is 20.1 Å². The lowest BCUT2D eigenvalue weighted by Crippen LogP contribution is -2.54. The van der Waals surface area contributed by atoms with E-state index in [0.29, 0.717) is 11.5 Å². The van der Waals surface area contributed by atoms with Gasteiger partial charge in [0.2, 0.25) is 6.10 Å². The van der Waals surface area contributed by atoms with Gasteiger partial charge in [-0.1, -0.05) is 24.3 Å². The number of anilines is 1. The van der Waals surface area contributed by atoms with Crippen molar-refractivity contribution in [2.75, 3.05) is 11.9 Å². The Morgan fingerprint density at radius 2 is 1.80 bits per heavy atom. The van der Waals surface area contributed by atoms with Gasteiger partial charge in [0.15, 0.2) is 11.5 Å². The predicted octanol–water partition coefficient (Wildman–Crippen LogP) is 5.96. The predicted molar refractivity (Wildman–Crippen MR) is 142 cm³/mol. The number of thiazole rings is 1. The minimum absolute atomic E-state index is 0.0890. The Labute approximate surface area is 212 Å². The van der Waals surface area contributed by atoms with E-state index in [1.165, 1.54) is 10.4 Å². The van der Waals surface area contributed by atoms with Crippen LogP contribution in [0.25, 0.3) is 20.8 Å². The third-order valence-electron chi connectivity index (χ3n) is 6.39. The molecule has 1 amide bonds. The molecule has 6 nitrogen and oxygen atoms in total. The summed E-state index contributed by atoms with van der Waals surface area (Å²) < 4.78 is 12.9. The van der Waals surface area contributed by atoms with E-state index in [1.807, 2.05) is 42.5 Å². The standard InChI is InChI=1S/C27H27N3O3S2/c1-26(2)13-15-21(24-28-16-9-5-8-12-20(16)34-24)25(35-22(15)27(3,4)30-26)29-23(31)19-14-32-17-10-6-7-11-18(17)33-19/h5-12,19,30H,13-14H2,1-4H3,(H,29,31). The van der Waals surface area contributed by atoms with E-state index in [1.54, 1.807) is 22.7 Å². The fraction of sp³-hybridized carbons (Fsp3) is 0.333. The van der Waals surface area contributed by atoms with Crippen molar-refractivity contribution in [3.05, 3.63) is 59.0 Å². The van der Waals surface area contributed by atoms with Gasteiger partial charge in [0, 0.05) is 21.5 Å². The number of nitrogens with one attached hydrogen (secondary N) is 2. The summed E-state index contributed by atoms with van der Waals surface area (Å²) in [5.41, 5.74) is 2.93. The SMILES string of the molecule is CC1(C)Cc2c(sc(NC(=O)C3COc4ccccc4O3)c2-c2nc3ccccc3s2)C(C)(C)N1. The van der Waals surface area contributed by atoms with Gasteiger partial charge in [0.1, 0.15) is 16.6 Å². The Morgan fingerprint density at radius 1 is 1.06 bits per heavy atom. The molecular weight excluding hydrogens is 478 g/mol. The van der Waals surface area contributed by atoms with Crippen LogP contribution in [0.4, 0.5) is 5.00 Å². The van der Waals surface area contributed by atoms with E-state index in [9.17, 15) is 4.79 Å². The van der Waals surface area contributed by atoms with Crippen molar-refractivity contribution in [1.82, 2.24) is 10.3 Å². The Balaban J connectivity index is 1.42. The molecule has 0 saturated heterocycles. The number of rotatable bonds is 3. The number of carbonyl (C=O) groups excluding carboxylic acids is 1. The topological polar surface area (TPSA) is 72.5 Å². The van der Waals surface area contributed by atoms with E-state index in [4.69, 9.17) is 14.5 Å². The smallest absolute Gasteiger partial charge is 0.269 e. The number of carbonyl (C=O) groups is 1. The third-order valence-corrected chi connectivity index (χ3v) is 8.91. The summed E-state index contributed by atoms with van der Waals surface area (Å²) in [6.45, 7) is 9.02. The van der Waals surface area contributed by atoms with Gasteiger partial charge in [0.05, 0.1) is 10.2 Å². The highest BCUT2D eigenvalue weighted by molar-refractivity contribution is 7.23. The summed E-state index contributed by atoms with van der Waals surface area (Å²) >= 11 is 3.29. The van der Waals surface area contributed by atoms with E-state index < -0.39 is 6.10 Å². The van der Waals surface area contributed by atoms with Crippen molar-refractivity contribution in [3.63, 3.8) is 0 Å². The van der Waals surface area contributed by atoms with Crippen molar-refractivity contribution in [2.24, 2.45) is 0 Å². The second kappa shape index (κ2) is 8.05. The van der Waals surface area contributed by atoms with Crippen LogP contribution in [0.15, 0.2) is 48.5 Å². The van der Waals surface area contributed by atoms with Gasteiger partial charge in [-0.25, -0.2) is 4.98 Å². The number of nitrogens with zero attached hydrogens (tertiary/aromatic N) is 1. The maximum absolute atomic E-state index is 13.4. The highest BCUT2D eigenvalue weighted by atomic mass is 32.1. The van der Waals surface area contributed by atoms with Gasteiger partial charge in [0.25, 0.3) is 5.91 Å². The first kappa shape index (κ1) is 22.5. The summed E-state index contributed by atoms with van der Waals surface area (Å²) in [5.74, 6) is 1.03. The lowest BCUT2D eigenvalue weighted by Gasteiger charge is -2.42. The van der Waals surface area contributed by atoms with Crippen LogP contribution >= 0.6 is 22.7 Å². The molecule has 6 rings (SSSR count). The molecule has 0 saturated carbocycles. The molecule has 2 aromatic carbocycles. The number of thiophene rings is 1. The quantitative estimate of drug-likeness (QED) is 0.359. The number of benzene rings is 2. The summed E-state index contributed by atoms with van der Waals surface area (Å²) in [6.07, 6.45) is 0.120. The van der Waals surface area contributed by atoms with Gasteiger partial charge in [-0.15, -0.1) is 22.7 Å². The number of fused-ring (bicyclic) bond motifs is 3. The molecular formula is C27H27N3O3S2. The first-order valence-electron chi connectivity index (χ1n) is 11.7. The molecule has 2 aromatic heterocycles. The van der Waals surface area contributed by atoms with Crippen LogP contribution in [-0.4, -0.2) is 29.1 Å². The van der Waals surface area contributed by atoms with Crippen LogP contribution in [0, 0.1) is 0 Å². The molecule has 0 bridgehead atoms. The average molecular weight is 506 g/mol. The molecule has 1 unspecified atom stereocenters. The number of ether oxygens (including phenoxy) is 2. The maximum atomic E-state index is 13.4. The van der Waals surface area contributed by atoms with Crippen LogP contribution in [0.3, 0.4) is 0 Å². The Kier molecular flexibility index (Phi) is 5.18. The van der Waals surface area contributed by atoms with Gasteiger partial charge >= 0.3 is 0 Å². The molecule has 4 heterocycles. The molecule has 0 fully saturated rings. The zero-order valence-electron chi connectivity index (χ0n) is 20.1. The third kappa shape index (κ3) is 3.99. The first-order chi connectivity index (χ1) is 16.7. The first-order valence-corrected chi connectivity index (χ1v) is 13.3. The molecule has 2 N–H and O–H groups in total. The lowest BCUT2D eigenvalue weighted by atomic mass is 9.81. The van der Waals surface area contributed by atoms with E-state index in [0.717, 1.165) is 32.2 Å². The minimum atomic E-state index is -0.727. The molecule has 35 heavy (non-hydrogen) atoms. The Bertz CT molecular complexity index is 1420. The number of hydrogen-bond acceptors (Lipinski definition) is 7. The normalized spacial score (nSPS) is 19.8. The largest absolute Gasteiger partial charge is 0.485 e. The van der Waals surface area contributed by atoms with Crippen molar-refractivity contribution < 1.29 is 14.3 Å². The number of amides is 1. The van der Waals surface area contributed by atoms with Crippen LogP contribution in [0.1, 0.15) is 38.1 Å². The highest BCUT2D eigenvalue weighted by Gasteiger charge is 2.41. The van der Waals surface area contributed by atoms with Crippen LogP contribution in [0.5, 0.6) is 11.5 Å². The second-order valence-corrected chi connectivity index (χ2v) is 12.3. The number of aromatic nitrogens is 1. The zero-order chi connectivity index (χ0) is 24.4. The van der Waals surface area contributed by atoms with E-state index in [2.05, 4.69) is 44.4 Å². The Morgan fingerprint density at radius 3 is 2.60 bits per heavy atom. The molecule has 180 valence electrons. The summed E-state index contributed by atoms with van der Waals surface area (Å²) in [5, 5.41) is 8.70. The molecule has 1 atom stereocenters. The van der Waals surface area contributed by atoms with Crippen molar-refractivity contribution in [1.29, 1.82) is 0 Å². The average Bonchev–Trinajstić information content (AvgIpc) is 3.38. The summed E-state index contributed by atoms with van der Waals surface area (Å²) in [4.78, 5) is 19.6. The summed E-state index contributed by atoms with van der Waals surface area (Å²) in [7, 11) is 0. The van der Waals surface area contributed by atoms with Crippen LogP contribution < -0.4 is 20.1 Å². The molecule has 2 aliphatic heterocycles. The van der Waals surface area contributed by atoms with Crippen molar-refractivity contribution in [3.8, 4) is 22.1 Å². The Hall–Kier alpha value is -2.94. The second-order valence-electron chi connectivity index (χ2n) is 10.3. The number of hydrogen-bond donors (Lipinski definition) is 2. The molecule has 4 aromatic rings. The fourth-order valence-electron chi connectivity index (χ4n) is 5.16. The monoisotopic (exact) mass is 505 g/mol. The molecule has 2 aliphatic rings. The zero-order valence-corrected chi connectivity index (χ0v) is 21.7. The van der Waals surface area contributed by atoms with Gasteiger partial charge in [-0.2, -0.15) is 0 Å². The van der Waals surface area contributed by atoms with Gasteiger partial charge in [-0.05, 0) is 63.9 Å². The van der Waals surface area contributed by atoms with Crippen molar-refractivity contribution >= 4 is 43.8 Å². The highest BCUT2D eigenvalue weighted by Crippen LogP contribution is 2.50. The summed E-state index contributed by atoms with van der Waals surface area (Å²) in [6, 6.07) is 15.6. The van der Waals surface area contributed by atoms with Gasteiger partial charge in [-0.3, -0.25) is 4.79 Å². The van der Waals surface area contributed by atoms with E-state index in [-0.39, 0.29) is 23.6 Å². The molecule has 0 radical (unpaired) electrons. The molecule has 0 spiro atoms. The molecule has 8 heteroatoms.